The molecule has 4 nitrogen and oxygen atoms in total. The Bertz CT molecular complexity index is 487. The first kappa shape index (κ1) is 12.5. The highest BCUT2D eigenvalue weighted by Gasteiger charge is 2.61. The molecule has 4 heteroatoms. The van der Waals surface area contributed by atoms with Crippen molar-refractivity contribution in [3.05, 3.63) is 35.9 Å². The van der Waals surface area contributed by atoms with Gasteiger partial charge in [0, 0.05) is 0 Å². The molecule has 3 atom stereocenters. The first-order valence-corrected chi connectivity index (χ1v) is 6.72. The van der Waals surface area contributed by atoms with Crippen LogP contribution in [0.4, 0.5) is 4.79 Å². The Balaban J connectivity index is 1.83. The monoisotopic (exact) mass is 261 g/mol. The van der Waals surface area contributed by atoms with Crippen molar-refractivity contribution < 1.29 is 14.3 Å². The number of cyclic esters (lactones) is 1. The van der Waals surface area contributed by atoms with Crippen LogP contribution in [-0.2, 0) is 15.1 Å². The van der Waals surface area contributed by atoms with Crippen molar-refractivity contribution >= 4 is 6.09 Å². The Morgan fingerprint density at radius 2 is 2.00 bits per heavy atom. The van der Waals surface area contributed by atoms with Gasteiger partial charge in [-0.2, -0.15) is 0 Å². The van der Waals surface area contributed by atoms with Crippen LogP contribution in [0.15, 0.2) is 30.3 Å². The first-order valence-electron chi connectivity index (χ1n) is 6.72. The summed E-state index contributed by atoms with van der Waals surface area (Å²) in [6.45, 7) is 6.68. The SMILES string of the molecule is CC(C)[C@@H]1COC(=O)N1[C@H]1O[C@]1(C)c1ccccc1. The van der Waals surface area contributed by atoms with Crippen molar-refractivity contribution in [2.45, 2.75) is 38.6 Å². The lowest BCUT2D eigenvalue weighted by Crippen LogP contribution is -2.41. The number of hydrogen-bond donors (Lipinski definition) is 0. The molecule has 2 saturated heterocycles. The summed E-state index contributed by atoms with van der Waals surface area (Å²) < 4.78 is 11.0. The predicted octanol–water partition coefficient (Wildman–Crippen LogP) is 2.73. The fourth-order valence-electron chi connectivity index (χ4n) is 2.73. The van der Waals surface area contributed by atoms with Gasteiger partial charge in [-0.15, -0.1) is 0 Å². The number of amides is 1. The summed E-state index contributed by atoms with van der Waals surface area (Å²) >= 11 is 0. The third-order valence-electron chi connectivity index (χ3n) is 4.09. The maximum absolute atomic E-state index is 11.9. The normalized spacial score (nSPS) is 33.7. The van der Waals surface area contributed by atoms with Gasteiger partial charge < -0.3 is 9.47 Å². The Morgan fingerprint density at radius 3 is 2.63 bits per heavy atom. The molecule has 1 amide bonds. The molecule has 2 aliphatic heterocycles. The van der Waals surface area contributed by atoms with Crippen molar-refractivity contribution in [1.29, 1.82) is 0 Å². The smallest absolute Gasteiger partial charge is 0.412 e. The first-order chi connectivity index (χ1) is 9.04. The van der Waals surface area contributed by atoms with E-state index in [0.717, 1.165) is 5.56 Å². The molecule has 0 aliphatic carbocycles. The molecule has 0 saturated carbocycles. The molecule has 2 fully saturated rings. The molecular formula is C15H19NO3. The van der Waals surface area contributed by atoms with E-state index < -0.39 is 5.60 Å². The lowest BCUT2D eigenvalue weighted by Gasteiger charge is -2.23. The van der Waals surface area contributed by atoms with Crippen LogP contribution in [0.1, 0.15) is 26.3 Å². The van der Waals surface area contributed by atoms with Gasteiger partial charge in [0.2, 0.25) is 0 Å². The summed E-state index contributed by atoms with van der Waals surface area (Å²) in [6, 6.07) is 10.1. The summed E-state index contributed by atoms with van der Waals surface area (Å²) in [4.78, 5) is 13.7. The van der Waals surface area contributed by atoms with Crippen LogP contribution in [0.3, 0.4) is 0 Å². The van der Waals surface area contributed by atoms with E-state index >= 15 is 0 Å². The van der Waals surface area contributed by atoms with Gasteiger partial charge in [0.1, 0.15) is 12.2 Å². The summed E-state index contributed by atoms with van der Waals surface area (Å²) in [6.07, 6.45) is -0.472. The molecule has 0 N–H and O–H groups in total. The topological polar surface area (TPSA) is 42.1 Å². The van der Waals surface area contributed by atoms with E-state index in [-0.39, 0.29) is 18.4 Å². The summed E-state index contributed by atoms with van der Waals surface area (Å²) in [7, 11) is 0. The molecule has 0 spiro atoms. The molecular weight excluding hydrogens is 242 g/mol. The average Bonchev–Trinajstić information content (AvgIpc) is 2.92. The van der Waals surface area contributed by atoms with Crippen molar-refractivity contribution in [1.82, 2.24) is 4.90 Å². The highest BCUT2D eigenvalue weighted by Crippen LogP contribution is 2.49. The molecule has 1 aromatic carbocycles. The highest BCUT2D eigenvalue weighted by molar-refractivity contribution is 5.71. The lowest BCUT2D eigenvalue weighted by molar-refractivity contribution is 0.134. The largest absolute Gasteiger partial charge is 0.447 e. The maximum atomic E-state index is 11.9. The molecule has 0 radical (unpaired) electrons. The second-order valence-corrected chi connectivity index (χ2v) is 5.74. The zero-order chi connectivity index (χ0) is 13.6. The molecule has 19 heavy (non-hydrogen) atoms. The van der Waals surface area contributed by atoms with Crippen molar-refractivity contribution in [3.63, 3.8) is 0 Å². The van der Waals surface area contributed by atoms with Crippen LogP contribution in [0.25, 0.3) is 0 Å². The number of benzene rings is 1. The number of carbonyl (C=O) groups is 1. The molecule has 3 rings (SSSR count). The minimum absolute atomic E-state index is 0.100. The molecule has 2 aliphatic rings. The summed E-state index contributed by atoms with van der Waals surface area (Å²) in [5.74, 6) is 0.357. The van der Waals surface area contributed by atoms with Crippen molar-refractivity contribution in [3.8, 4) is 0 Å². The minimum atomic E-state index is -0.405. The van der Waals surface area contributed by atoms with Gasteiger partial charge in [-0.1, -0.05) is 44.2 Å². The number of hydrogen-bond acceptors (Lipinski definition) is 3. The number of nitrogens with zero attached hydrogens (tertiary/aromatic N) is 1. The maximum Gasteiger partial charge on any atom is 0.412 e. The summed E-state index contributed by atoms with van der Waals surface area (Å²) in [5.41, 5.74) is 0.694. The minimum Gasteiger partial charge on any atom is -0.447 e. The van der Waals surface area contributed by atoms with E-state index in [1.54, 1.807) is 4.90 Å². The Labute approximate surface area is 113 Å². The Kier molecular flexibility index (Phi) is 2.78. The second-order valence-electron chi connectivity index (χ2n) is 5.74. The average molecular weight is 261 g/mol. The van der Waals surface area contributed by atoms with Crippen molar-refractivity contribution in [2.24, 2.45) is 5.92 Å². The van der Waals surface area contributed by atoms with Crippen LogP contribution in [-0.4, -0.2) is 29.9 Å². The highest BCUT2D eigenvalue weighted by atomic mass is 16.7. The van der Waals surface area contributed by atoms with E-state index in [2.05, 4.69) is 13.8 Å². The van der Waals surface area contributed by atoms with Gasteiger partial charge >= 0.3 is 6.09 Å². The summed E-state index contributed by atoms with van der Waals surface area (Å²) in [5, 5.41) is 0. The van der Waals surface area contributed by atoms with Crippen LogP contribution >= 0.6 is 0 Å². The van der Waals surface area contributed by atoms with Gasteiger partial charge in [0.15, 0.2) is 6.23 Å². The fraction of sp³-hybridized carbons (Fsp3) is 0.533. The third-order valence-corrected chi connectivity index (χ3v) is 4.09. The van der Waals surface area contributed by atoms with Gasteiger partial charge in [-0.25, -0.2) is 4.79 Å². The molecule has 0 bridgehead atoms. The van der Waals surface area contributed by atoms with Gasteiger partial charge in [-0.05, 0) is 18.4 Å². The van der Waals surface area contributed by atoms with E-state index in [1.165, 1.54) is 0 Å². The molecule has 2 heterocycles. The predicted molar refractivity (Wildman–Crippen MR) is 70.5 cm³/mol. The molecule has 102 valence electrons. The third kappa shape index (κ3) is 1.91. The van der Waals surface area contributed by atoms with Crippen LogP contribution in [0.2, 0.25) is 0 Å². The second kappa shape index (κ2) is 4.23. The number of carbonyl (C=O) groups excluding carboxylic acids is 1. The fourth-order valence-corrected chi connectivity index (χ4v) is 2.73. The quantitative estimate of drug-likeness (QED) is 0.786. The van der Waals surface area contributed by atoms with Crippen molar-refractivity contribution in [2.75, 3.05) is 6.61 Å². The van der Waals surface area contributed by atoms with E-state index in [1.807, 2.05) is 37.3 Å². The number of epoxide rings is 1. The van der Waals surface area contributed by atoms with Crippen LogP contribution in [0, 0.1) is 5.92 Å². The Hall–Kier alpha value is -1.55. The molecule has 0 unspecified atom stereocenters. The lowest BCUT2D eigenvalue weighted by atomic mass is 9.98. The Morgan fingerprint density at radius 1 is 1.32 bits per heavy atom. The van der Waals surface area contributed by atoms with Gasteiger partial charge in [-0.3, -0.25) is 4.90 Å². The van der Waals surface area contributed by atoms with E-state index in [0.29, 0.717) is 12.5 Å². The van der Waals surface area contributed by atoms with Gasteiger partial charge in [0.25, 0.3) is 0 Å². The van der Waals surface area contributed by atoms with E-state index in [4.69, 9.17) is 9.47 Å². The van der Waals surface area contributed by atoms with Crippen LogP contribution in [0.5, 0.6) is 0 Å². The zero-order valence-electron chi connectivity index (χ0n) is 11.5. The van der Waals surface area contributed by atoms with Crippen LogP contribution < -0.4 is 0 Å². The zero-order valence-corrected chi connectivity index (χ0v) is 11.5. The number of ether oxygens (including phenoxy) is 2. The number of rotatable bonds is 3. The molecule has 1 aromatic rings. The standard InChI is InChI=1S/C15H19NO3/c1-10(2)12-9-18-14(17)16(12)13-15(3,19-13)11-7-5-4-6-8-11/h4-8,10,12-13H,9H2,1-3H3/t12-,13-,15+/m0/s1. The van der Waals surface area contributed by atoms with E-state index in [9.17, 15) is 4.79 Å². The van der Waals surface area contributed by atoms with Gasteiger partial charge in [0.05, 0.1) is 6.04 Å². The molecule has 0 aromatic heterocycles.